The topological polar surface area (TPSA) is 107 Å². The third kappa shape index (κ3) is 2.51. The first kappa shape index (κ1) is 11.8. The maximum absolute atomic E-state index is 10.7. The average molecular weight is 245 g/mol. The number of aromatic nitrogens is 2. The number of nitrogens with one attached hydrogen (secondary N) is 1. The standard InChI is InChI=1S/C11H11N5O2/c1-7-2-3-8(16(17)18)4-9(7)15-11-5-10(12)13-6-14-11/h2-6H,1H3,(H3,12,13,14,15). The molecule has 7 nitrogen and oxygen atoms in total. The first-order chi connectivity index (χ1) is 8.56. The Morgan fingerprint density at radius 1 is 1.33 bits per heavy atom. The Bertz CT molecular complexity index is 600. The molecule has 0 radical (unpaired) electrons. The number of aryl methyl sites for hydroxylation is 1. The molecule has 0 aliphatic rings. The molecule has 0 atom stereocenters. The molecular formula is C11H11N5O2. The third-order valence-corrected chi connectivity index (χ3v) is 2.38. The highest BCUT2D eigenvalue weighted by atomic mass is 16.6. The molecule has 1 heterocycles. The van der Waals surface area contributed by atoms with Gasteiger partial charge in [0.25, 0.3) is 5.69 Å². The number of benzene rings is 1. The lowest BCUT2D eigenvalue weighted by Gasteiger charge is -2.08. The van der Waals surface area contributed by atoms with Gasteiger partial charge < -0.3 is 11.1 Å². The van der Waals surface area contributed by atoms with E-state index in [0.717, 1.165) is 5.56 Å². The molecule has 3 N–H and O–H groups in total. The molecule has 7 heteroatoms. The SMILES string of the molecule is Cc1ccc([N+](=O)[O-])cc1Nc1cc(N)ncn1. The Balaban J connectivity index is 2.33. The number of nitro groups is 1. The van der Waals surface area contributed by atoms with E-state index in [-0.39, 0.29) is 5.69 Å². The van der Waals surface area contributed by atoms with Gasteiger partial charge >= 0.3 is 0 Å². The highest BCUT2D eigenvalue weighted by Crippen LogP contribution is 2.24. The Morgan fingerprint density at radius 3 is 2.78 bits per heavy atom. The number of anilines is 3. The Morgan fingerprint density at radius 2 is 2.11 bits per heavy atom. The van der Waals surface area contributed by atoms with Crippen molar-refractivity contribution in [2.45, 2.75) is 6.92 Å². The van der Waals surface area contributed by atoms with Crippen LogP contribution in [-0.2, 0) is 0 Å². The van der Waals surface area contributed by atoms with E-state index in [1.165, 1.54) is 18.5 Å². The van der Waals surface area contributed by atoms with E-state index in [2.05, 4.69) is 15.3 Å². The lowest BCUT2D eigenvalue weighted by atomic mass is 10.2. The number of rotatable bonds is 3. The highest BCUT2D eigenvalue weighted by molar-refractivity contribution is 5.64. The van der Waals surface area contributed by atoms with E-state index in [0.29, 0.717) is 17.3 Å². The van der Waals surface area contributed by atoms with Gasteiger partial charge in [0.15, 0.2) is 0 Å². The van der Waals surface area contributed by atoms with E-state index in [9.17, 15) is 10.1 Å². The summed E-state index contributed by atoms with van der Waals surface area (Å²) in [5, 5.41) is 13.7. The van der Waals surface area contributed by atoms with Crippen LogP contribution < -0.4 is 11.1 Å². The summed E-state index contributed by atoms with van der Waals surface area (Å²) in [6, 6.07) is 6.13. The Hall–Kier alpha value is -2.70. The number of nitrogens with two attached hydrogens (primary N) is 1. The molecule has 2 aromatic rings. The molecule has 92 valence electrons. The molecule has 0 fully saturated rings. The number of nitrogen functional groups attached to an aromatic ring is 1. The van der Waals surface area contributed by atoms with Crippen molar-refractivity contribution in [2.75, 3.05) is 11.1 Å². The summed E-state index contributed by atoms with van der Waals surface area (Å²) in [4.78, 5) is 18.0. The lowest BCUT2D eigenvalue weighted by molar-refractivity contribution is -0.384. The van der Waals surface area contributed by atoms with E-state index in [1.54, 1.807) is 12.1 Å². The normalized spacial score (nSPS) is 10.1. The van der Waals surface area contributed by atoms with Crippen molar-refractivity contribution < 1.29 is 4.92 Å². The van der Waals surface area contributed by atoms with Gasteiger partial charge in [-0.1, -0.05) is 6.07 Å². The van der Waals surface area contributed by atoms with Crippen LogP contribution in [0, 0.1) is 17.0 Å². The highest BCUT2D eigenvalue weighted by Gasteiger charge is 2.09. The third-order valence-electron chi connectivity index (χ3n) is 2.38. The number of hydrogen-bond acceptors (Lipinski definition) is 6. The number of nitrogens with zero attached hydrogens (tertiary/aromatic N) is 3. The molecule has 0 bridgehead atoms. The van der Waals surface area contributed by atoms with Gasteiger partial charge in [-0.05, 0) is 12.5 Å². The summed E-state index contributed by atoms with van der Waals surface area (Å²) >= 11 is 0. The van der Waals surface area contributed by atoms with Crippen LogP contribution in [0.15, 0.2) is 30.6 Å². The van der Waals surface area contributed by atoms with Gasteiger partial charge in [-0.3, -0.25) is 10.1 Å². The molecule has 2 rings (SSSR count). The average Bonchev–Trinajstić information content (AvgIpc) is 2.31. The van der Waals surface area contributed by atoms with Crippen molar-refractivity contribution in [2.24, 2.45) is 0 Å². The zero-order chi connectivity index (χ0) is 13.1. The van der Waals surface area contributed by atoms with Gasteiger partial charge in [-0.25, -0.2) is 9.97 Å². The number of nitro benzene ring substituents is 1. The minimum absolute atomic E-state index is 0.0186. The lowest BCUT2D eigenvalue weighted by Crippen LogP contribution is -1.99. The fourth-order valence-corrected chi connectivity index (χ4v) is 1.44. The van der Waals surface area contributed by atoms with Crippen molar-refractivity contribution in [3.63, 3.8) is 0 Å². The first-order valence-corrected chi connectivity index (χ1v) is 5.16. The molecule has 0 spiro atoms. The van der Waals surface area contributed by atoms with E-state index < -0.39 is 4.92 Å². The van der Waals surface area contributed by atoms with Gasteiger partial charge in [-0.15, -0.1) is 0 Å². The quantitative estimate of drug-likeness (QED) is 0.632. The smallest absolute Gasteiger partial charge is 0.271 e. The van der Waals surface area contributed by atoms with Crippen LogP contribution >= 0.6 is 0 Å². The predicted octanol–water partition coefficient (Wildman–Crippen LogP) is 2.02. The van der Waals surface area contributed by atoms with Gasteiger partial charge in [0.05, 0.1) is 4.92 Å². The van der Waals surface area contributed by atoms with E-state index >= 15 is 0 Å². The number of non-ortho nitro benzene ring substituents is 1. The van der Waals surface area contributed by atoms with Crippen LogP contribution in [0.3, 0.4) is 0 Å². The molecule has 1 aromatic carbocycles. The monoisotopic (exact) mass is 245 g/mol. The zero-order valence-electron chi connectivity index (χ0n) is 9.62. The van der Waals surface area contributed by atoms with Crippen molar-refractivity contribution >= 4 is 23.0 Å². The van der Waals surface area contributed by atoms with Gasteiger partial charge in [-0.2, -0.15) is 0 Å². The fourth-order valence-electron chi connectivity index (χ4n) is 1.44. The van der Waals surface area contributed by atoms with Gasteiger partial charge in [0, 0.05) is 23.9 Å². The fraction of sp³-hybridized carbons (Fsp3) is 0.0909. The molecule has 1 aromatic heterocycles. The van der Waals surface area contributed by atoms with Crippen LogP contribution in [0.5, 0.6) is 0 Å². The summed E-state index contributed by atoms with van der Waals surface area (Å²) in [6.45, 7) is 1.84. The van der Waals surface area contributed by atoms with Gasteiger partial charge in [0.2, 0.25) is 0 Å². The molecule has 0 saturated carbocycles. The Labute approximate surface area is 103 Å². The van der Waals surface area contributed by atoms with Crippen LogP contribution in [0.2, 0.25) is 0 Å². The van der Waals surface area contributed by atoms with Crippen LogP contribution in [0.1, 0.15) is 5.56 Å². The summed E-state index contributed by atoms with van der Waals surface area (Å²) in [7, 11) is 0. The summed E-state index contributed by atoms with van der Waals surface area (Å²) in [6.07, 6.45) is 1.32. The Kier molecular flexibility index (Phi) is 3.05. The maximum Gasteiger partial charge on any atom is 0.271 e. The molecule has 0 amide bonds. The first-order valence-electron chi connectivity index (χ1n) is 5.16. The van der Waals surface area contributed by atoms with Gasteiger partial charge in [0.1, 0.15) is 18.0 Å². The summed E-state index contributed by atoms with van der Waals surface area (Å²) in [5.41, 5.74) is 7.03. The van der Waals surface area contributed by atoms with Crippen molar-refractivity contribution in [3.05, 3.63) is 46.3 Å². The molecule has 0 aliphatic heterocycles. The van der Waals surface area contributed by atoms with E-state index in [4.69, 9.17) is 5.73 Å². The van der Waals surface area contributed by atoms with Crippen LogP contribution in [-0.4, -0.2) is 14.9 Å². The number of hydrogen-bond donors (Lipinski definition) is 2. The molecule has 18 heavy (non-hydrogen) atoms. The predicted molar refractivity (Wildman–Crippen MR) is 67.6 cm³/mol. The second-order valence-corrected chi connectivity index (χ2v) is 3.71. The molecule has 0 aliphatic carbocycles. The van der Waals surface area contributed by atoms with E-state index in [1.807, 2.05) is 6.92 Å². The maximum atomic E-state index is 10.7. The largest absolute Gasteiger partial charge is 0.384 e. The van der Waals surface area contributed by atoms with Crippen molar-refractivity contribution in [1.82, 2.24) is 9.97 Å². The minimum Gasteiger partial charge on any atom is -0.384 e. The summed E-state index contributed by atoms with van der Waals surface area (Å²) < 4.78 is 0. The zero-order valence-corrected chi connectivity index (χ0v) is 9.62. The van der Waals surface area contributed by atoms with Crippen LogP contribution in [0.25, 0.3) is 0 Å². The van der Waals surface area contributed by atoms with Crippen LogP contribution in [0.4, 0.5) is 23.0 Å². The minimum atomic E-state index is -0.445. The van der Waals surface area contributed by atoms with Crippen molar-refractivity contribution in [1.29, 1.82) is 0 Å². The molecular weight excluding hydrogens is 234 g/mol. The summed E-state index contributed by atoms with van der Waals surface area (Å²) in [5.74, 6) is 0.821. The van der Waals surface area contributed by atoms with Crippen molar-refractivity contribution in [3.8, 4) is 0 Å². The molecule has 0 saturated heterocycles. The second-order valence-electron chi connectivity index (χ2n) is 3.71. The second kappa shape index (κ2) is 4.66. The molecule has 0 unspecified atom stereocenters.